The van der Waals surface area contributed by atoms with Crippen LogP contribution >= 0.6 is 0 Å². The van der Waals surface area contributed by atoms with E-state index in [1.54, 1.807) is 0 Å². The van der Waals surface area contributed by atoms with Gasteiger partial charge < -0.3 is 0 Å². The third kappa shape index (κ3) is 7.79. The molecular weight excluding hydrogens is 152 g/mol. The maximum atomic E-state index is 8.50. The molecule has 0 aliphatic heterocycles. The van der Waals surface area contributed by atoms with Crippen LogP contribution in [0.15, 0.2) is 18.2 Å². The Morgan fingerprint density at radius 3 is 2.22 bits per heavy atom. The van der Waals surface area contributed by atoms with Gasteiger partial charge in [0.2, 0.25) is 0 Å². The van der Waals surface area contributed by atoms with Crippen LogP contribution in [0.5, 0.6) is 0 Å². The molecule has 0 aromatic rings. The van der Waals surface area contributed by atoms with Gasteiger partial charge in [0, 0.05) is 0 Å². The van der Waals surface area contributed by atoms with Gasteiger partial charge in [-0.2, -0.15) is 6.08 Å². The van der Waals surface area contributed by atoms with E-state index in [0.717, 1.165) is 6.42 Å². The predicted molar refractivity (Wildman–Crippen MR) is 27.6 cm³/mol. The summed E-state index contributed by atoms with van der Waals surface area (Å²) in [5, 5.41) is 0. The van der Waals surface area contributed by atoms with E-state index < -0.39 is 19.1 Å². The van der Waals surface area contributed by atoms with Crippen molar-refractivity contribution in [3.8, 4) is 0 Å². The van der Waals surface area contributed by atoms with E-state index in [-0.39, 0.29) is 0 Å². The second kappa shape index (κ2) is 7.79. The Labute approximate surface area is 63.2 Å². The van der Waals surface area contributed by atoms with Crippen LogP contribution in [0.25, 0.3) is 0 Å². The molecule has 3 heteroatoms. The van der Waals surface area contributed by atoms with Crippen LogP contribution in [0.3, 0.4) is 0 Å². The molecule has 0 atom stereocenters. The van der Waals surface area contributed by atoms with Crippen LogP contribution in [0.4, 0.5) is 0 Å². The van der Waals surface area contributed by atoms with Gasteiger partial charge in [0.05, 0.1) is 0 Å². The third-order valence-electron chi connectivity index (χ3n) is 0.806. The zero-order valence-electron chi connectivity index (χ0n) is 4.96. The molecule has 0 N–H and O–H groups in total. The molecule has 0 radical (unpaired) electrons. The van der Waals surface area contributed by atoms with E-state index in [4.69, 9.17) is 6.65 Å². The first-order chi connectivity index (χ1) is 4.41. The molecule has 0 spiro atoms. The molecule has 2 nitrogen and oxygen atoms in total. The molecular formula is C6H7O2Ti-. The normalized spacial score (nSPS) is 13.3. The summed E-state index contributed by atoms with van der Waals surface area (Å²) in [7, 11) is 0. The molecule has 1 rings (SSSR count). The van der Waals surface area contributed by atoms with Crippen molar-refractivity contribution >= 4 is 0 Å². The van der Waals surface area contributed by atoms with Gasteiger partial charge in [-0.1, -0.05) is 6.42 Å². The zero-order chi connectivity index (χ0) is 6.95. The van der Waals surface area contributed by atoms with Gasteiger partial charge in [-0.25, -0.2) is 12.2 Å². The van der Waals surface area contributed by atoms with Crippen LogP contribution in [0.1, 0.15) is 12.8 Å². The molecule has 0 fully saturated rings. The van der Waals surface area contributed by atoms with Crippen molar-refractivity contribution in [3.05, 3.63) is 24.3 Å². The number of hydrogen-bond acceptors (Lipinski definition) is 2. The van der Waals surface area contributed by atoms with Gasteiger partial charge in [0.15, 0.2) is 0 Å². The summed E-state index contributed by atoms with van der Waals surface area (Å²) in [5.74, 6) is 0. The molecule has 0 heterocycles. The van der Waals surface area contributed by atoms with Crippen molar-refractivity contribution in [1.29, 1.82) is 0 Å². The summed E-state index contributed by atoms with van der Waals surface area (Å²) in [5.41, 5.74) is 0. The van der Waals surface area contributed by atoms with Crippen molar-refractivity contribution in [2.75, 3.05) is 0 Å². The van der Waals surface area contributed by atoms with Crippen LogP contribution in [0.2, 0.25) is 0 Å². The summed E-state index contributed by atoms with van der Waals surface area (Å²) >= 11 is -2.00. The standard InChI is InChI=1S/C6H7.2O.Ti/c1-2-4-6-5-3-1;;;/h1-3H,4,6H2;;;/q-1;;;. The Hall–Kier alpha value is -0.206. The Morgan fingerprint density at radius 2 is 2.11 bits per heavy atom. The topological polar surface area (TPSA) is 34.1 Å². The van der Waals surface area contributed by atoms with E-state index >= 15 is 0 Å². The summed E-state index contributed by atoms with van der Waals surface area (Å²) < 4.78 is 17.0. The van der Waals surface area contributed by atoms with E-state index in [2.05, 4.69) is 12.2 Å². The third-order valence-corrected chi connectivity index (χ3v) is 0.806. The van der Waals surface area contributed by atoms with Crippen molar-refractivity contribution in [2.24, 2.45) is 0 Å². The van der Waals surface area contributed by atoms with Crippen LogP contribution in [-0.4, -0.2) is 0 Å². The van der Waals surface area contributed by atoms with Gasteiger partial charge in [-0.15, -0.1) is 6.42 Å². The molecule has 0 saturated carbocycles. The summed E-state index contributed by atoms with van der Waals surface area (Å²) in [6, 6.07) is 0. The Kier molecular flexibility index (Phi) is 7.62. The summed E-state index contributed by atoms with van der Waals surface area (Å²) in [4.78, 5) is 0. The quantitative estimate of drug-likeness (QED) is 0.396. The minimum atomic E-state index is -2.00. The van der Waals surface area contributed by atoms with Crippen LogP contribution < -0.4 is 0 Å². The zero-order valence-corrected chi connectivity index (χ0v) is 6.52. The fourth-order valence-electron chi connectivity index (χ4n) is 0.482. The molecule has 0 unspecified atom stereocenters. The molecule has 1 aliphatic rings. The predicted octanol–water partition coefficient (Wildman–Crippen LogP) is 1.46. The molecule has 0 bridgehead atoms. The Bertz CT molecular complexity index is 131. The average Bonchev–Trinajstić information content (AvgIpc) is 1.93. The number of hydrogen-bond donors (Lipinski definition) is 0. The minimum absolute atomic E-state index is 1.11. The first kappa shape index (κ1) is 8.79. The van der Waals surface area contributed by atoms with Gasteiger partial charge >= 0.3 is 25.7 Å². The van der Waals surface area contributed by atoms with E-state index in [0.29, 0.717) is 0 Å². The molecule has 9 heavy (non-hydrogen) atoms. The maximum absolute atomic E-state index is 8.50. The summed E-state index contributed by atoms with van der Waals surface area (Å²) in [6.07, 6.45) is 11.5. The van der Waals surface area contributed by atoms with E-state index in [9.17, 15) is 0 Å². The summed E-state index contributed by atoms with van der Waals surface area (Å²) in [6.45, 7) is 0. The average molecular weight is 159 g/mol. The second-order valence-corrected chi connectivity index (χ2v) is 1.68. The van der Waals surface area contributed by atoms with Crippen LogP contribution in [-0.2, 0) is 25.7 Å². The van der Waals surface area contributed by atoms with Crippen molar-refractivity contribution < 1.29 is 25.7 Å². The first-order valence-corrected chi connectivity index (χ1v) is 3.90. The van der Waals surface area contributed by atoms with Gasteiger partial charge in [-0.05, 0) is 0 Å². The van der Waals surface area contributed by atoms with Gasteiger partial charge in [-0.3, -0.25) is 6.08 Å². The van der Waals surface area contributed by atoms with E-state index in [1.165, 1.54) is 6.42 Å². The molecule has 48 valence electrons. The molecule has 0 aromatic heterocycles. The molecule has 0 amide bonds. The van der Waals surface area contributed by atoms with Crippen LogP contribution in [0, 0.1) is 6.08 Å². The van der Waals surface area contributed by atoms with Crippen molar-refractivity contribution in [2.45, 2.75) is 12.8 Å². The monoisotopic (exact) mass is 159 g/mol. The van der Waals surface area contributed by atoms with Crippen molar-refractivity contribution in [1.82, 2.24) is 0 Å². The van der Waals surface area contributed by atoms with E-state index in [1.807, 2.05) is 12.2 Å². The van der Waals surface area contributed by atoms with Gasteiger partial charge in [0.1, 0.15) is 0 Å². The fourth-order valence-corrected chi connectivity index (χ4v) is 0.482. The SMILES string of the molecule is [C-]1=CC=CCC1.[O]=[Ti]=[O]. The molecule has 1 aliphatic carbocycles. The number of allylic oxidation sites excluding steroid dienone is 4. The Balaban J connectivity index is 0.000000187. The molecule has 0 aromatic carbocycles. The molecule has 0 saturated heterocycles. The second-order valence-electron chi connectivity index (χ2n) is 1.42. The number of rotatable bonds is 0. The first-order valence-electron chi connectivity index (χ1n) is 2.63. The van der Waals surface area contributed by atoms with Gasteiger partial charge in [0.25, 0.3) is 0 Å². The Morgan fingerprint density at radius 1 is 1.44 bits per heavy atom. The fraction of sp³-hybridized carbons (Fsp3) is 0.333. The van der Waals surface area contributed by atoms with Crippen molar-refractivity contribution in [3.63, 3.8) is 0 Å².